The molecule has 0 fully saturated rings. The number of benzene rings is 3. The van der Waals surface area contributed by atoms with Gasteiger partial charge in [-0.25, -0.2) is 4.99 Å². The van der Waals surface area contributed by atoms with Gasteiger partial charge in [-0.2, -0.15) is 11.3 Å². The van der Waals surface area contributed by atoms with E-state index < -0.39 is 0 Å². The smallest absolute Gasteiger partial charge is 0.110 e. The van der Waals surface area contributed by atoms with Crippen molar-refractivity contribution < 1.29 is 0 Å². The predicted molar refractivity (Wildman–Crippen MR) is 130 cm³/mol. The number of hydrogen-bond acceptors (Lipinski definition) is 4. The van der Waals surface area contributed by atoms with E-state index in [0.29, 0.717) is 0 Å². The van der Waals surface area contributed by atoms with Gasteiger partial charge in [0, 0.05) is 15.4 Å². The second-order valence-electron chi connectivity index (χ2n) is 6.14. The summed E-state index contributed by atoms with van der Waals surface area (Å²) in [6.07, 6.45) is 0. The highest BCUT2D eigenvalue weighted by Gasteiger charge is 2.13. The molecule has 4 rings (SSSR count). The highest BCUT2D eigenvalue weighted by atomic mass is 32.2. The summed E-state index contributed by atoms with van der Waals surface area (Å²) in [6, 6.07) is 33.2. The lowest BCUT2D eigenvalue weighted by molar-refractivity contribution is 1.47. The molecule has 1 nitrogen and oxygen atoms in total. The normalized spacial score (nSPS) is 12.1. The number of rotatable bonds is 6. The predicted octanol–water partition coefficient (Wildman–Crippen LogP) is 8.40. The van der Waals surface area contributed by atoms with Crippen molar-refractivity contribution in [2.24, 2.45) is 4.99 Å². The zero-order chi connectivity index (χ0) is 19.7. The third-order valence-corrected chi connectivity index (χ3v) is 6.66. The van der Waals surface area contributed by atoms with Gasteiger partial charge in [0.05, 0.1) is 5.69 Å². The second kappa shape index (κ2) is 10.3. The van der Waals surface area contributed by atoms with Gasteiger partial charge in [0.25, 0.3) is 0 Å². The van der Waals surface area contributed by atoms with Crippen LogP contribution in [0.2, 0.25) is 0 Å². The molecule has 0 aliphatic carbocycles. The van der Waals surface area contributed by atoms with Crippen LogP contribution >= 0.6 is 34.9 Å². The maximum absolute atomic E-state index is 5.03. The molecule has 0 amide bonds. The molecule has 0 spiro atoms. The van der Waals surface area contributed by atoms with Gasteiger partial charge >= 0.3 is 0 Å². The first-order valence-electron chi connectivity index (χ1n) is 9.20. The summed E-state index contributed by atoms with van der Waals surface area (Å²) < 4.78 is 0. The van der Waals surface area contributed by atoms with Crippen molar-refractivity contribution in [3.8, 4) is 0 Å². The molecule has 0 bridgehead atoms. The molecule has 1 heterocycles. The zero-order valence-electron chi connectivity index (χ0n) is 15.6. The van der Waals surface area contributed by atoms with Crippen molar-refractivity contribution in [3.05, 3.63) is 119 Å². The number of aliphatic imine (C=N–C) groups is 1. The Bertz CT molecular complexity index is 1070. The van der Waals surface area contributed by atoms with Crippen LogP contribution < -0.4 is 0 Å². The fourth-order valence-electron chi connectivity index (χ4n) is 2.64. The lowest BCUT2D eigenvalue weighted by atomic mass is 10.2. The van der Waals surface area contributed by atoms with Gasteiger partial charge < -0.3 is 0 Å². The molecular formula is C25H19NS3. The Kier molecular flexibility index (Phi) is 7.03. The molecule has 142 valence electrons. The Hall–Kier alpha value is -2.53. The standard InChI is InChI=1S/C25H19NS3/c1-4-10-21(11-5-1)26-25(29-23-14-8-3-9-15-23)24(20-16-17-27-18-20)19-28-22-12-6-2-7-13-22/h1-19H. The minimum Gasteiger partial charge on any atom is -0.241 e. The first kappa shape index (κ1) is 19.8. The fourth-order valence-corrected chi connectivity index (χ4v) is 5.14. The Balaban J connectivity index is 1.76. The van der Waals surface area contributed by atoms with Gasteiger partial charge in [0.15, 0.2) is 0 Å². The molecule has 0 N–H and O–H groups in total. The van der Waals surface area contributed by atoms with Crippen LogP contribution in [0.5, 0.6) is 0 Å². The Morgan fingerprint density at radius 2 is 1.34 bits per heavy atom. The molecule has 0 aliphatic rings. The van der Waals surface area contributed by atoms with E-state index in [-0.39, 0.29) is 0 Å². The van der Waals surface area contributed by atoms with Gasteiger partial charge in [-0.15, -0.1) is 0 Å². The third kappa shape index (κ3) is 5.73. The van der Waals surface area contributed by atoms with Gasteiger partial charge in [0.1, 0.15) is 5.04 Å². The Labute approximate surface area is 184 Å². The average Bonchev–Trinajstić information content (AvgIpc) is 3.31. The average molecular weight is 430 g/mol. The van der Waals surface area contributed by atoms with Crippen LogP contribution in [0.3, 0.4) is 0 Å². The minimum atomic E-state index is 0.955. The van der Waals surface area contributed by atoms with Crippen LogP contribution in [0, 0.1) is 0 Å². The molecule has 1 aromatic heterocycles. The number of thioether (sulfide) groups is 2. The minimum absolute atomic E-state index is 0.955. The molecule has 0 saturated heterocycles. The number of para-hydroxylation sites is 1. The first-order valence-corrected chi connectivity index (χ1v) is 11.8. The summed E-state index contributed by atoms with van der Waals surface area (Å²) in [7, 11) is 0. The van der Waals surface area contributed by atoms with Crippen LogP contribution in [0.15, 0.2) is 128 Å². The van der Waals surface area contributed by atoms with E-state index in [0.717, 1.165) is 16.3 Å². The fraction of sp³-hybridized carbons (Fsp3) is 0. The summed E-state index contributed by atoms with van der Waals surface area (Å²) in [5, 5.41) is 7.51. The number of thiophene rings is 1. The van der Waals surface area contributed by atoms with Crippen molar-refractivity contribution in [1.29, 1.82) is 0 Å². The van der Waals surface area contributed by atoms with Gasteiger partial charge in [-0.1, -0.05) is 78.1 Å². The summed E-state index contributed by atoms with van der Waals surface area (Å²) in [5.74, 6) is 0. The van der Waals surface area contributed by atoms with E-state index in [2.05, 4.69) is 70.8 Å². The van der Waals surface area contributed by atoms with Crippen LogP contribution in [0.4, 0.5) is 5.69 Å². The van der Waals surface area contributed by atoms with Gasteiger partial charge in [0.2, 0.25) is 0 Å². The summed E-state index contributed by atoms with van der Waals surface area (Å²) in [6.45, 7) is 0. The Morgan fingerprint density at radius 3 is 1.97 bits per heavy atom. The highest BCUT2D eigenvalue weighted by molar-refractivity contribution is 8.15. The lowest BCUT2D eigenvalue weighted by Crippen LogP contribution is -1.96. The van der Waals surface area contributed by atoms with Crippen LogP contribution in [0.25, 0.3) is 5.57 Å². The molecule has 0 radical (unpaired) electrons. The SMILES string of the molecule is C(Sc1ccccc1)=C(C(=Nc1ccccc1)Sc1ccccc1)c1ccsc1. The van der Waals surface area contributed by atoms with E-state index >= 15 is 0 Å². The molecule has 4 aromatic rings. The zero-order valence-corrected chi connectivity index (χ0v) is 18.1. The van der Waals surface area contributed by atoms with Crippen molar-refractivity contribution in [3.63, 3.8) is 0 Å². The van der Waals surface area contributed by atoms with Crippen molar-refractivity contribution in [1.82, 2.24) is 0 Å². The number of hydrogen-bond donors (Lipinski definition) is 0. The molecular weight excluding hydrogens is 410 g/mol. The largest absolute Gasteiger partial charge is 0.241 e. The van der Waals surface area contributed by atoms with Gasteiger partial charge in [-0.05, 0) is 64.2 Å². The van der Waals surface area contributed by atoms with Gasteiger partial charge in [-0.3, -0.25) is 0 Å². The van der Waals surface area contributed by atoms with Crippen molar-refractivity contribution in [2.75, 3.05) is 0 Å². The van der Waals surface area contributed by atoms with Crippen LogP contribution in [-0.4, -0.2) is 5.04 Å². The molecule has 0 unspecified atom stereocenters. The monoisotopic (exact) mass is 429 g/mol. The van der Waals surface area contributed by atoms with Crippen molar-refractivity contribution in [2.45, 2.75) is 9.79 Å². The summed E-state index contributed by atoms with van der Waals surface area (Å²) in [4.78, 5) is 7.41. The maximum atomic E-state index is 5.03. The second-order valence-corrected chi connectivity index (χ2v) is 8.93. The molecule has 4 heteroatoms. The molecule has 0 aliphatic heterocycles. The quantitative estimate of drug-likeness (QED) is 0.173. The van der Waals surface area contributed by atoms with E-state index in [9.17, 15) is 0 Å². The highest BCUT2D eigenvalue weighted by Crippen LogP contribution is 2.34. The van der Waals surface area contributed by atoms with E-state index in [4.69, 9.17) is 4.99 Å². The summed E-state index contributed by atoms with van der Waals surface area (Å²) in [5.41, 5.74) is 3.28. The molecule has 0 atom stereocenters. The van der Waals surface area contributed by atoms with E-state index in [1.165, 1.54) is 15.4 Å². The third-order valence-electron chi connectivity index (χ3n) is 4.06. The molecule has 29 heavy (non-hydrogen) atoms. The van der Waals surface area contributed by atoms with E-state index in [1.54, 1.807) is 34.9 Å². The summed E-state index contributed by atoms with van der Waals surface area (Å²) >= 11 is 5.13. The first-order chi connectivity index (χ1) is 14.4. The number of nitrogens with zero attached hydrogens (tertiary/aromatic N) is 1. The Morgan fingerprint density at radius 1 is 0.724 bits per heavy atom. The topological polar surface area (TPSA) is 12.4 Å². The lowest BCUT2D eigenvalue weighted by Gasteiger charge is -2.11. The van der Waals surface area contributed by atoms with Crippen LogP contribution in [0.1, 0.15) is 5.56 Å². The van der Waals surface area contributed by atoms with Crippen molar-refractivity contribution >= 4 is 51.2 Å². The maximum Gasteiger partial charge on any atom is 0.110 e. The van der Waals surface area contributed by atoms with E-state index in [1.807, 2.05) is 42.5 Å². The van der Waals surface area contributed by atoms with Crippen LogP contribution in [-0.2, 0) is 0 Å². The molecule has 3 aromatic carbocycles. The molecule has 0 saturated carbocycles.